The minimum atomic E-state index is -0.165. The van der Waals surface area contributed by atoms with E-state index in [1.165, 1.54) is 4.57 Å². The van der Waals surface area contributed by atoms with E-state index in [0.29, 0.717) is 24.0 Å². The van der Waals surface area contributed by atoms with Crippen LogP contribution in [0.15, 0.2) is 27.5 Å². The topological polar surface area (TPSA) is 60.9 Å². The van der Waals surface area contributed by atoms with Gasteiger partial charge in [0.2, 0.25) is 5.28 Å². The molecule has 2 rings (SSSR count). The van der Waals surface area contributed by atoms with Gasteiger partial charge in [0.15, 0.2) is 0 Å². The third kappa shape index (κ3) is 1.98. The fourth-order valence-electron chi connectivity index (χ4n) is 1.49. The maximum absolute atomic E-state index is 12.1. The fraction of sp³-hybridized carbons (Fsp3) is 0.200. The maximum Gasteiger partial charge on any atom is 0.262 e. The van der Waals surface area contributed by atoms with Crippen molar-refractivity contribution in [2.24, 2.45) is 5.73 Å². The number of fused-ring (bicyclic) bond motifs is 1. The number of rotatable bonds is 2. The van der Waals surface area contributed by atoms with Crippen LogP contribution in [0.1, 0.15) is 0 Å². The molecule has 0 aliphatic heterocycles. The molecule has 2 aromatic rings. The van der Waals surface area contributed by atoms with Gasteiger partial charge in [-0.25, -0.2) is 4.98 Å². The van der Waals surface area contributed by atoms with Crippen LogP contribution in [0, 0.1) is 0 Å². The van der Waals surface area contributed by atoms with Crippen LogP contribution in [0.2, 0.25) is 5.28 Å². The SMILES string of the molecule is NCCn1c(Cl)nc2ccc(Br)cc2c1=O. The molecular formula is C10H9BrClN3O. The molecule has 0 saturated heterocycles. The summed E-state index contributed by atoms with van der Waals surface area (Å²) in [6.07, 6.45) is 0. The average Bonchev–Trinajstić information content (AvgIpc) is 2.26. The largest absolute Gasteiger partial charge is 0.329 e. The zero-order valence-corrected chi connectivity index (χ0v) is 10.6. The van der Waals surface area contributed by atoms with Crippen LogP contribution in [-0.4, -0.2) is 16.1 Å². The predicted octanol–water partition coefficient (Wildman–Crippen LogP) is 1.77. The highest BCUT2D eigenvalue weighted by molar-refractivity contribution is 9.10. The van der Waals surface area contributed by atoms with Crippen LogP contribution in [0.3, 0.4) is 0 Å². The van der Waals surface area contributed by atoms with Crippen molar-refractivity contribution >= 4 is 38.4 Å². The van der Waals surface area contributed by atoms with Crippen molar-refractivity contribution in [2.75, 3.05) is 6.54 Å². The molecule has 0 atom stereocenters. The Morgan fingerprint density at radius 1 is 1.50 bits per heavy atom. The van der Waals surface area contributed by atoms with Gasteiger partial charge in [0.1, 0.15) is 0 Å². The molecule has 0 unspecified atom stereocenters. The first-order valence-corrected chi connectivity index (χ1v) is 5.86. The molecule has 0 bridgehead atoms. The van der Waals surface area contributed by atoms with Crippen LogP contribution in [0.25, 0.3) is 10.9 Å². The highest BCUT2D eigenvalue weighted by atomic mass is 79.9. The Morgan fingerprint density at radius 2 is 2.25 bits per heavy atom. The van der Waals surface area contributed by atoms with E-state index in [1.807, 2.05) is 6.07 Å². The summed E-state index contributed by atoms with van der Waals surface area (Å²) in [6, 6.07) is 5.30. The third-order valence-electron chi connectivity index (χ3n) is 2.22. The molecular weight excluding hydrogens is 293 g/mol. The Kier molecular flexibility index (Phi) is 3.28. The van der Waals surface area contributed by atoms with E-state index in [9.17, 15) is 4.79 Å². The molecule has 0 saturated carbocycles. The van der Waals surface area contributed by atoms with Gasteiger partial charge in [0.05, 0.1) is 10.9 Å². The van der Waals surface area contributed by atoms with E-state index in [-0.39, 0.29) is 10.8 Å². The summed E-state index contributed by atoms with van der Waals surface area (Å²) in [5.74, 6) is 0. The second-order valence-corrected chi connectivity index (χ2v) is 4.54. The van der Waals surface area contributed by atoms with Crippen LogP contribution < -0.4 is 11.3 Å². The summed E-state index contributed by atoms with van der Waals surface area (Å²) in [5, 5.41) is 0.706. The van der Waals surface area contributed by atoms with Crippen molar-refractivity contribution in [1.29, 1.82) is 0 Å². The molecule has 1 heterocycles. The molecule has 0 spiro atoms. The Morgan fingerprint density at radius 3 is 2.94 bits per heavy atom. The summed E-state index contributed by atoms with van der Waals surface area (Å²) in [6.45, 7) is 0.716. The number of benzene rings is 1. The molecule has 0 aliphatic carbocycles. The van der Waals surface area contributed by atoms with Gasteiger partial charge in [-0.1, -0.05) is 15.9 Å². The van der Waals surface area contributed by atoms with Gasteiger partial charge >= 0.3 is 0 Å². The van der Waals surface area contributed by atoms with Crippen LogP contribution >= 0.6 is 27.5 Å². The van der Waals surface area contributed by atoms with E-state index in [4.69, 9.17) is 17.3 Å². The Balaban J connectivity index is 2.80. The standard InChI is InChI=1S/C10H9BrClN3O/c11-6-1-2-8-7(5-6)9(16)15(4-3-13)10(12)14-8/h1-2,5H,3-4,13H2. The van der Waals surface area contributed by atoms with E-state index in [2.05, 4.69) is 20.9 Å². The van der Waals surface area contributed by atoms with Gasteiger partial charge in [0.25, 0.3) is 5.56 Å². The minimum absolute atomic E-state index is 0.165. The van der Waals surface area contributed by atoms with Crippen molar-refractivity contribution in [3.8, 4) is 0 Å². The lowest BCUT2D eigenvalue weighted by Gasteiger charge is -2.07. The summed E-state index contributed by atoms with van der Waals surface area (Å²) in [5.41, 5.74) is 5.84. The number of halogens is 2. The molecule has 0 amide bonds. The second kappa shape index (κ2) is 4.53. The number of nitrogens with two attached hydrogens (primary N) is 1. The Labute approximate surface area is 105 Å². The fourth-order valence-corrected chi connectivity index (χ4v) is 2.10. The van der Waals surface area contributed by atoms with Crippen molar-refractivity contribution in [2.45, 2.75) is 6.54 Å². The molecule has 0 radical (unpaired) electrons. The smallest absolute Gasteiger partial charge is 0.262 e. The molecule has 16 heavy (non-hydrogen) atoms. The lowest BCUT2D eigenvalue weighted by atomic mass is 10.2. The van der Waals surface area contributed by atoms with Gasteiger partial charge in [-0.3, -0.25) is 9.36 Å². The number of aromatic nitrogens is 2. The molecule has 84 valence electrons. The van der Waals surface area contributed by atoms with Crippen LogP contribution in [0.4, 0.5) is 0 Å². The van der Waals surface area contributed by atoms with Gasteiger partial charge in [0, 0.05) is 17.6 Å². The lowest BCUT2D eigenvalue weighted by molar-refractivity contribution is 0.675. The van der Waals surface area contributed by atoms with Gasteiger partial charge in [-0.05, 0) is 29.8 Å². The average molecular weight is 303 g/mol. The Bertz CT molecular complexity index is 596. The first kappa shape index (κ1) is 11.6. The molecule has 2 N–H and O–H groups in total. The van der Waals surface area contributed by atoms with Crippen LogP contribution in [0.5, 0.6) is 0 Å². The van der Waals surface area contributed by atoms with Crippen molar-refractivity contribution < 1.29 is 0 Å². The van der Waals surface area contributed by atoms with E-state index in [1.54, 1.807) is 12.1 Å². The summed E-state index contributed by atoms with van der Waals surface area (Å²) in [4.78, 5) is 16.2. The number of hydrogen-bond donors (Lipinski definition) is 1. The predicted molar refractivity (Wildman–Crippen MR) is 67.8 cm³/mol. The number of nitrogens with zero attached hydrogens (tertiary/aromatic N) is 2. The first-order chi connectivity index (χ1) is 7.63. The zero-order valence-electron chi connectivity index (χ0n) is 8.28. The third-order valence-corrected chi connectivity index (χ3v) is 3.00. The highest BCUT2D eigenvalue weighted by Gasteiger charge is 2.08. The Hall–Kier alpha value is -0.910. The van der Waals surface area contributed by atoms with E-state index < -0.39 is 0 Å². The van der Waals surface area contributed by atoms with Gasteiger partial charge in [-0.2, -0.15) is 0 Å². The second-order valence-electron chi connectivity index (χ2n) is 3.29. The van der Waals surface area contributed by atoms with E-state index >= 15 is 0 Å². The van der Waals surface area contributed by atoms with Crippen molar-refractivity contribution in [3.63, 3.8) is 0 Å². The molecule has 6 heteroatoms. The molecule has 4 nitrogen and oxygen atoms in total. The molecule has 1 aromatic heterocycles. The molecule has 1 aromatic carbocycles. The molecule has 0 aliphatic rings. The number of hydrogen-bond acceptors (Lipinski definition) is 3. The lowest BCUT2D eigenvalue weighted by Crippen LogP contribution is -2.25. The first-order valence-electron chi connectivity index (χ1n) is 4.69. The van der Waals surface area contributed by atoms with Crippen LogP contribution in [-0.2, 0) is 6.54 Å². The van der Waals surface area contributed by atoms with Gasteiger partial charge in [-0.15, -0.1) is 0 Å². The normalized spacial score (nSPS) is 10.9. The summed E-state index contributed by atoms with van der Waals surface area (Å²) >= 11 is 9.23. The van der Waals surface area contributed by atoms with Crippen molar-refractivity contribution in [3.05, 3.63) is 38.3 Å². The molecule has 0 fully saturated rings. The highest BCUT2D eigenvalue weighted by Crippen LogP contribution is 2.17. The zero-order chi connectivity index (χ0) is 11.7. The van der Waals surface area contributed by atoms with Gasteiger partial charge < -0.3 is 5.73 Å². The van der Waals surface area contributed by atoms with E-state index in [0.717, 1.165) is 4.47 Å². The minimum Gasteiger partial charge on any atom is -0.329 e. The summed E-state index contributed by atoms with van der Waals surface area (Å²) in [7, 11) is 0. The summed E-state index contributed by atoms with van der Waals surface area (Å²) < 4.78 is 2.21. The van der Waals surface area contributed by atoms with Crippen molar-refractivity contribution in [1.82, 2.24) is 9.55 Å². The monoisotopic (exact) mass is 301 g/mol. The quantitative estimate of drug-likeness (QED) is 0.860. The maximum atomic E-state index is 12.1.